The van der Waals surface area contributed by atoms with Gasteiger partial charge in [0, 0.05) is 37.0 Å². The Hall–Kier alpha value is -2.84. The first-order valence-corrected chi connectivity index (χ1v) is 11.5. The van der Waals surface area contributed by atoms with Crippen molar-refractivity contribution in [2.45, 2.75) is 70.2 Å². The number of amides is 2. The summed E-state index contributed by atoms with van der Waals surface area (Å²) < 4.78 is 15.6. The third kappa shape index (κ3) is 3.78. The first kappa shape index (κ1) is 21.0. The average molecular weight is 442 g/mol. The van der Waals surface area contributed by atoms with Crippen LogP contribution in [0.2, 0.25) is 0 Å². The minimum atomic E-state index is -0.865. The number of carbonyl (C=O) groups is 3. The maximum Gasteiger partial charge on any atom is 0.245 e. The fourth-order valence-electron chi connectivity index (χ4n) is 5.40. The molecule has 0 radical (unpaired) electrons. The van der Waals surface area contributed by atoms with Crippen LogP contribution < -0.4 is 5.32 Å². The Kier molecular flexibility index (Phi) is 5.43. The predicted molar refractivity (Wildman–Crippen MR) is 115 cm³/mol. The second kappa shape index (κ2) is 8.26. The number of hydrogen-bond donors (Lipinski definition) is 1. The van der Waals surface area contributed by atoms with Gasteiger partial charge in [0.2, 0.25) is 11.8 Å². The Morgan fingerprint density at radius 3 is 2.81 bits per heavy atom. The van der Waals surface area contributed by atoms with Crippen molar-refractivity contribution in [2.24, 2.45) is 11.8 Å². The van der Waals surface area contributed by atoms with Crippen LogP contribution in [-0.4, -0.2) is 62.1 Å². The number of hydrogen-bond acceptors (Lipinski definition) is 5. The van der Waals surface area contributed by atoms with Gasteiger partial charge in [0.25, 0.3) is 0 Å². The molecule has 2 aromatic rings. The minimum Gasteiger partial charge on any atom is -0.354 e. The number of alkyl halides is 1. The number of carbonyl (C=O) groups excluding carboxylic acids is 3. The van der Waals surface area contributed by atoms with Crippen LogP contribution in [0.1, 0.15) is 55.9 Å². The molecular weight excluding hydrogens is 413 g/mol. The van der Waals surface area contributed by atoms with Gasteiger partial charge in [-0.2, -0.15) is 5.10 Å². The number of nitrogens with zero attached hydrogens (tertiary/aromatic N) is 4. The van der Waals surface area contributed by atoms with Crippen molar-refractivity contribution in [1.82, 2.24) is 25.0 Å². The van der Waals surface area contributed by atoms with E-state index in [0.717, 1.165) is 25.7 Å². The molecule has 1 saturated heterocycles. The predicted octanol–water partition coefficient (Wildman–Crippen LogP) is 2.27. The van der Waals surface area contributed by atoms with Crippen molar-refractivity contribution in [3.8, 4) is 0 Å². The lowest BCUT2D eigenvalue weighted by Crippen LogP contribution is -2.50. The number of halogens is 1. The molecule has 3 aliphatic rings. The molecule has 1 N–H and O–H groups in total. The molecule has 3 heterocycles. The Morgan fingerprint density at radius 2 is 2.03 bits per heavy atom. The number of Topliss-reactive ketones (excluding diaryl/α,β-unsaturated/α-hetero) is 1. The maximum absolute atomic E-state index is 14.1. The summed E-state index contributed by atoms with van der Waals surface area (Å²) in [6, 6.07) is 1.26. The van der Waals surface area contributed by atoms with Crippen LogP contribution in [0.25, 0.3) is 10.9 Å². The molecule has 3 fully saturated rings. The SMILES string of the molecule is CC(=O)c1nn(CC(=O)N2[C@@H]3C[C@@H]3C[C@H]2C(=O)NCC2CCCCC2F)c2cnccc12. The lowest BCUT2D eigenvalue weighted by atomic mass is 9.87. The second-order valence-electron chi connectivity index (χ2n) is 9.38. The molecule has 32 heavy (non-hydrogen) atoms. The summed E-state index contributed by atoms with van der Waals surface area (Å²) in [7, 11) is 0. The van der Waals surface area contributed by atoms with Crippen LogP contribution in [0.4, 0.5) is 4.39 Å². The number of fused-ring (bicyclic) bond motifs is 2. The van der Waals surface area contributed by atoms with Gasteiger partial charge in [-0.3, -0.25) is 24.0 Å². The number of likely N-dealkylation sites (tertiary alicyclic amines) is 1. The van der Waals surface area contributed by atoms with Gasteiger partial charge in [0.15, 0.2) is 5.78 Å². The highest BCUT2D eigenvalue weighted by atomic mass is 19.1. The van der Waals surface area contributed by atoms with Crippen molar-refractivity contribution in [3.05, 3.63) is 24.2 Å². The van der Waals surface area contributed by atoms with E-state index in [9.17, 15) is 18.8 Å². The van der Waals surface area contributed by atoms with Crippen molar-refractivity contribution >= 4 is 28.5 Å². The molecule has 8 nitrogen and oxygen atoms in total. The van der Waals surface area contributed by atoms with Crippen molar-refractivity contribution in [3.63, 3.8) is 0 Å². The van der Waals surface area contributed by atoms with E-state index in [1.165, 1.54) is 11.6 Å². The van der Waals surface area contributed by atoms with E-state index >= 15 is 0 Å². The quantitative estimate of drug-likeness (QED) is 0.694. The topological polar surface area (TPSA) is 97.2 Å². The molecular formula is C23H28FN5O3. The Labute approximate surface area is 185 Å². The molecule has 5 rings (SSSR count). The largest absolute Gasteiger partial charge is 0.354 e. The number of piperidine rings is 1. The molecule has 2 unspecified atom stereocenters. The van der Waals surface area contributed by atoms with Gasteiger partial charge < -0.3 is 10.2 Å². The van der Waals surface area contributed by atoms with Gasteiger partial charge in [-0.1, -0.05) is 12.8 Å². The van der Waals surface area contributed by atoms with E-state index in [1.807, 2.05) is 0 Å². The minimum absolute atomic E-state index is 0.0579. The normalized spacial score (nSPS) is 29.1. The third-order valence-electron chi connectivity index (χ3n) is 7.22. The molecule has 2 saturated carbocycles. The monoisotopic (exact) mass is 441 g/mol. The van der Waals surface area contributed by atoms with Gasteiger partial charge in [-0.25, -0.2) is 4.39 Å². The number of nitrogens with one attached hydrogen (secondary N) is 1. The summed E-state index contributed by atoms with van der Waals surface area (Å²) in [4.78, 5) is 44.0. The molecule has 1 aliphatic heterocycles. The van der Waals surface area contributed by atoms with Gasteiger partial charge in [0.05, 0.1) is 11.7 Å². The number of ketones is 1. The van der Waals surface area contributed by atoms with E-state index in [0.29, 0.717) is 41.9 Å². The lowest BCUT2D eigenvalue weighted by molar-refractivity contribution is -0.140. The third-order valence-corrected chi connectivity index (χ3v) is 7.22. The highest BCUT2D eigenvalue weighted by Crippen LogP contribution is 2.48. The number of pyridine rings is 1. The van der Waals surface area contributed by atoms with Gasteiger partial charge >= 0.3 is 0 Å². The Morgan fingerprint density at radius 1 is 1.22 bits per heavy atom. The van der Waals surface area contributed by atoms with Crippen LogP contribution in [0.3, 0.4) is 0 Å². The molecule has 9 heteroatoms. The highest BCUT2D eigenvalue weighted by molar-refractivity contribution is 6.04. The molecule has 0 spiro atoms. The summed E-state index contributed by atoms with van der Waals surface area (Å²) >= 11 is 0. The van der Waals surface area contributed by atoms with E-state index in [-0.39, 0.29) is 36.1 Å². The zero-order valence-electron chi connectivity index (χ0n) is 18.2. The molecule has 2 amide bonds. The number of aromatic nitrogens is 3. The van der Waals surface area contributed by atoms with Gasteiger partial charge in [0.1, 0.15) is 24.5 Å². The summed E-state index contributed by atoms with van der Waals surface area (Å²) in [6.07, 6.45) is 7.12. The number of rotatable bonds is 6. The zero-order chi connectivity index (χ0) is 22.4. The molecule has 5 atom stereocenters. The van der Waals surface area contributed by atoms with Crippen LogP contribution in [0.15, 0.2) is 18.5 Å². The highest BCUT2D eigenvalue weighted by Gasteiger charge is 2.56. The molecule has 0 bridgehead atoms. The zero-order valence-corrected chi connectivity index (χ0v) is 18.2. The second-order valence-corrected chi connectivity index (χ2v) is 9.38. The molecule has 0 aromatic carbocycles. The Bertz CT molecular complexity index is 1070. The smallest absolute Gasteiger partial charge is 0.245 e. The summed E-state index contributed by atoms with van der Waals surface area (Å²) in [6.45, 7) is 1.71. The van der Waals surface area contributed by atoms with Crippen molar-refractivity contribution in [2.75, 3.05) is 6.54 Å². The van der Waals surface area contributed by atoms with E-state index < -0.39 is 12.2 Å². The Balaban J connectivity index is 1.29. The first-order valence-electron chi connectivity index (χ1n) is 11.5. The first-order chi connectivity index (χ1) is 15.4. The lowest BCUT2D eigenvalue weighted by Gasteiger charge is -2.29. The van der Waals surface area contributed by atoms with E-state index in [1.54, 1.807) is 23.4 Å². The summed E-state index contributed by atoms with van der Waals surface area (Å²) in [5, 5.41) is 7.93. The fraction of sp³-hybridized carbons (Fsp3) is 0.609. The average Bonchev–Trinajstić information content (AvgIpc) is 3.28. The van der Waals surface area contributed by atoms with E-state index in [2.05, 4.69) is 15.4 Å². The van der Waals surface area contributed by atoms with Gasteiger partial charge in [-0.05, 0) is 37.7 Å². The van der Waals surface area contributed by atoms with Crippen LogP contribution in [-0.2, 0) is 16.1 Å². The van der Waals surface area contributed by atoms with Crippen molar-refractivity contribution in [1.29, 1.82) is 0 Å². The van der Waals surface area contributed by atoms with Crippen LogP contribution in [0.5, 0.6) is 0 Å². The standard InChI is InChI=1S/C23H28FN5O3/c1-13(30)22-16-6-7-25-11-20(16)28(27-22)12-21(31)29-18-8-15(18)9-19(29)23(32)26-10-14-4-2-3-5-17(14)24/h6-7,11,14-15,17-19H,2-5,8-10,12H2,1H3,(H,26,32)/t14?,15-,17?,18-,19+/m1/s1. The van der Waals surface area contributed by atoms with Crippen LogP contribution >= 0.6 is 0 Å². The molecule has 2 aromatic heterocycles. The summed E-state index contributed by atoms with van der Waals surface area (Å²) in [5.74, 6) is -0.357. The molecule has 170 valence electrons. The maximum atomic E-state index is 14.1. The summed E-state index contributed by atoms with van der Waals surface area (Å²) in [5.41, 5.74) is 0.924. The van der Waals surface area contributed by atoms with Gasteiger partial charge in [-0.15, -0.1) is 0 Å². The van der Waals surface area contributed by atoms with Crippen molar-refractivity contribution < 1.29 is 18.8 Å². The molecule has 2 aliphatic carbocycles. The van der Waals surface area contributed by atoms with E-state index in [4.69, 9.17) is 0 Å². The fourth-order valence-corrected chi connectivity index (χ4v) is 5.40. The van der Waals surface area contributed by atoms with Crippen LogP contribution in [0, 0.1) is 11.8 Å².